The summed E-state index contributed by atoms with van der Waals surface area (Å²) in [6.45, 7) is 0. The minimum Gasteiger partial charge on any atom is -0.339 e. The number of non-ortho nitro benzene ring substituents is 1. The second kappa shape index (κ2) is 4.66. The van der Waals surface area contributed by atoms with E-state index in [2.05, 4.69) is 9.97 Å². The minimum absolute atomic E-state index is 0.0658. The van der Waals surface area contributed by atoms with E-state index in [1.54, 1.807) is 6.07 Å². The normalized spacial score (nSPS) is 11.1. The Morgan fingerprint density at radius 3 is 2.68 bits per heavy atom. The highest BCUT2D eigenvalue weighted by molar-refractivity contribution is 6.06. The van der Waals surface area contributed by atoms with Crippen molar-refractivity contribution in [2.24, 2.45) is 0 Å². The van der Waals surface area contributed by atoms with Crippen molar-refractivity contribution >= 4 is 27.6 Å². The van der Waals surface area contributed by atoms with Crippen molar-refractivity contribution in [1.29, 1.82) is 0 Å². The average Bonchev–Trinajstić information content (AvgIpc) is 2.92. The van der Waals surface area contributed by atoms with Crippen molar-refractivity contribution in [3.05, 3.63) is 70.8 Å². The molecule has 106 valence electrons. The Morgan fingerprint density at radius 2 is 1.82 bits per heavy atom. The van der Waals surface area contributed by atoms with Crippen LogP contribution in [0.2, 0.25) is 0 Å². The Bertz CT molecular complexity index is 1020. The van der Waals surface area contributed by atoms with Gasteiger partial charge in [-0.05, 0) is 18.2 Å². The number of nitrogens with zero attached hydrogens (tertiary/aromatic N) is 2. The minimum atomic E-state index is -0.398. The number of fused-ring (bicyclic) bond motifs is 3. The number of hydrogen-bond acceptors (Lipinski definition) is 3. The maximum absolute atomic E-state index is 10.9. The number of para-hydroxylation sites is 1. The first-order valence-corrected chi connectivity index (χ1v) is 6.85. The molecule has 0 amide bonds. The van der Waals surface area contributed by atoms with E-state index in [9.17, 15) is 10.1 Å². The molecule has 0 fully saturated rings. The van der Waals surface area contributed by atoms with Crippen molar-refractivity contribution in [2.45, 2.75) is 0 Å². The zero-order valence-corrected chi connectivity index (χ0v) is 11.5. The molecule has 0 aliphatic rings. The van der Waals surface area contributed by atoms with Crippen LogP contribution in [0.25, 0.3) is 33.2 Å². The predicted octanol–water partition coefficient (Wildman–Crippen LogP) is 4.29. The summed E-state index contributed by atoms with van der Waals surface area (Å²) in [6, 6.07) is 18.4. The standard InChI is InChI=1S/C17H11N3O2/c21-20(22)12-5-3-4-11(10-12)15-9-8-14-13-6-1-2-7-16(13)19-17(14)18-15/h1-10H,(H,18,19). The second-order valence-corrected chi connectivity index (χ2v) is 5.07. The van der Waals surface area contributed by atoms with Gasteiger partial charge in [0.1, 0.15) is 5.65 Å². The Kier molecular flexibility index (Phi) is 2.66. The molecule has 0 bridgehead atoms. The molecular formula is C17H11N3O2. The molecule has 0 aliphatic carbocycles. The van der Waals surface area contributed by atoms with E-state index in [0.29, 0.717) is 5.69 Å². The smallest absolute Gasteiger partial charge is 0.270 e. The summed E-state index contributed by atoms with van der Waals surface area (Å²) in [5.74, 6) is 0. The highest BCUT2D eigenvalue weighted by Gasteiger charge is 2.10. The van der Waals surface area contributed by atoms with Crippen LogP contribution in [0.15, 0.2) is 60.7 Å². The van der Waals surface area contributed by atoms with E-state index in [0.717, 1.165) is 27.5 Å². The van der Waals surface area contributed by atoms with Gasteiger partial charge in [-0.25, -0.2) is 4.98 Å². The third-order valence-corrected chi connectivity index (χ3v) is 3.72. The third kappa shape index (κ3) is 1.91. The summed E-state index contributed by atoms with van der Waals surface area (Å²) in [5.41, 5.74) is 3.32. The monoisotopic (exact) mass is 289 g/mol. The molecule has 5 nitrogen and oxygen atoms in total. The van der Waals surface area contributed by atoms with E-state index in [4.69, 9.17) is 0 Å². The number of aromatic amines is 1. The van der Waals surface area contributed by atoms with Crippen LogP contribution >= 0.6 is 0 Å². The molecule has 0 saturated heterocycles. The van der Waals surface area contributed by atoms with Gasteiger partial charge >= 0.3 is 0 Å². The summed E-state index contributed by atoms with van der Waals surface area (Å²) in [5, 5.41) is 13.1. The average molecular weight is 289 g/mol. The fourth-order valence-electron chi connectivity index (χ4n) is 2.67. The van der Waals surface area contributed by atoms with Crippen molar-refractivity contribution in [3.63, 3.8) is 0 Å². The van der Waals surface area contributed by atoms with Crippen LogP contribution in [0.5, 0.6) is 0 Å². The van der Waals surface area contributed by atoms with Crippen LogP contribution in [0.3, 0.4) is 0 Å². The van der Waals surface area contributed by atoms with Gasteiger partial charge in [-0.2, -0.15) is 0 Å². The summed E-state index contributed by atoms with van der Waals surface area (Å²) in [4.78, 5) is 18.4. The number of aromatic nitrogens is 2. The van der Waals surface area contributed by atoms with Crippen LogP contribution in [0.1, 0.15) is 0 Å². The molecule has 2 aromatic heterocycles. The predicted molar refractivity (Wildman–Crippen MR) is 85.7 cm³/mol. The molecule has 4 aromatic rings. The van der Waals surface area contributed by atoms with Crippen LogP contribution in [0, 0.1) is 10.1 Å². The number of pyridine rings is 1. The molecule has 0 radical (unpaired) electrons. The van der Waals surface area contributed by atoms with Gasteiger partial charge in [-0.15, -0.1) is 0 Å². The fourth-order valence-corrected chi connectivity index (χ4v) is 2.67. The lowest BCUT2D eigenvalue weighted by Crippen LogP contribution is -1.89. The number of rotatable bonds is 2. The summed E-state index contributed by atoms with van der Waals surface area (Å²) in [6.07, 6.45) is 0. The largest absolute Gasteiger partial charge is 0.339 e. The van der Waals surface area contributed by atoms with Crippen LogP contribution in [-0.2, 0) is 0 Å². The van der Waals surface area contributed by atoms with Gasteiger partial charge in [0, 0.05) is 34.0 Å². The van der Waals surface area contributed by atoms with Gasteiger partial charge in [0.2, 0.25) is 0 Å². The van der Waals surface area contributed by atoms with Gasteiger partial charge in [0.25, 0.3) is 5.69 Å². The van der Waals surface area contributed by atoms with Crippen molar-refractivity contribution < 1.29 is 4.92 Å². The van der Waals surface area contributed by atoms with E-state index in [1.807, 2.05) is 42.5 Å². The molecule has 0 atom stereocenters. The molecule has 2 heterocycles. The zero-order valence-electron chi connectivity index (χ0n) is 11.5. The molecule has 0 saturated carbocycles. The van der Waals surface area contributed by atoms with Crippen molar-refractivity contribution in [3.8, 4) is 11.3 Å². The Hall–Kier alpha value is -3.21. The van der Waals surface area contributed by atoms with Crippen molar-refractivity contribution in [1.82, 2.24) is 9.97 Å². The van der Waals surface area contributed by atoms with E-state index >= 15 is 0 Å². The molecule has 4 rings (SSSR count). The summed E-state index contributed by atoms with van der Waals surface area (Å²) in [7, 11) is 0. The van der Waals surface area contributed by atoms with Gasteiger partial charge in [-0.1, -0.05) is 30.3 Å². The van der Waals surface area contributed by atoms with Crippen molar-refractivity contribution in [2.75, 3.05) is 0 Å². The van der Waals surface area contributed by atoms with Gasteiger partial charge in [-0.3, -0.25) is 10.1 Å². The molecule has 0 aliphatic heterocycles. The van der Waals surface area contributed by atoms with Gasteiger partial charge < -0.3 is 4.98 Å². The number of H-pyrrole nitrogens is 1. The highest BCUT2D eigenvalue weighted by atomic mass is 16.6. The Morgan fingerprint density at radius 1 is 0.955 bits per heavy atom. The number of benzene rings is 2. The molecule has 5 heteroatoms. The van der Waals surface area contributed by atoms with E-state index in [1.165, 1.54) is 12.1 Å². The lowest BCUT2D eigenvalue weighted by atomic mass is 10.1. The fraction of sp³-hybridized carbons (Fsp3) is 0. The second-order valence-electron chi connectivity index (χ2n) is 5.07. The van der Waals surface area contributed by atoms with Crippen LogP contribution < -0.4 is 0 Å². The molecular weight excluding hydrogens is 278 g/mol. The van der Waals surface area contributed by atoms with E-state index < -0.39 is 4.92 Å². The number of nitro groups is 1. The maximum atomic E-state index is 10.9. The molecule has 1 N–H and O–H groups in total. The topological polar surface area (TPSA) is 71.8 Å². The Labute approximate surface area is 125 Å². The molecule has 22 heavy (non-hydrogen) atoms. The maximum Gasteiger partial charge on any atom is 0.270 e. The zero-order chi connectivity index (χ0) is 15.1. The molecule has 0 unspecified atom stereocenters. The first kappa shape index (κ1) is 12.5. The molecule has 0 spiro atoms. The van der Waals surface area contributed by atoms with Gasteiger partial charge in [0.05, 0.1) is 10.6 Å². The third-order valence-electron chi connectivity index (χ3n) is 3.72. The van der Waals surface area contributed by atoms with E-state index in [-0.39, 0.29) is 5.69 Å². The van der Waals surface area contributed by atoms with Crippen LogP contribution in [-0.4, -0.2) is 14.9 Å². The van der Waals surface area contributed by atoms with Gasteiger partial charge in [0.15, 0.2) is 0 Å². The first-order chi connectivity index (χ1) is 10.7. The lowest BCUT2D eigenvalue weighted by Gasteiger charge is -2.01. The highest BCUT2D eigenvalue weighted by Crippen LogP contribution is 2.28. The number of hydrogen-bond donors (Lipinski definition) is 1. The number of nitrogens with one attached hydrogen (secondary N) is 1. The Balaban J connectivity index is 1.91. The lowest BCUT2D eigenvalue weighted by molar-refractivity contribution is -0.384. The summed E-state index contributed by atoms with van der Waals surface area (Å²) < 4.78 is 0. The summed E-state index contributed by atoms with van der Waals surface area (Å²) >= 11 is 0. The quantitative estimate of drug-likeness (QED) is 0.442. The first-order valence-electron chi connectivity index (χ1n) is 6.85. The number of nitro benzene ring substituents is 1. The SMILES string of the molecule is O=[N+]([O-])c1cccc(-c2ccc3c(n2)[nH]c2ccccc23)c1. The molecule has 2 aromatic carbocycles. The van der Waals surface area contributed by atoms with Crippen LogP contribution in [0.4, 0.5) is 5.69 Å².